The fourth-order valence-corrected chi connectivity index (χ4v) is 4.31. The van der Waals surface area contributed by atoms with E-state index in [2.05, 4.69) is 26.6 Å². The van der Waals surface area contributed by atoms with Gasteiger partial charge < -0.3 is 20.1 Å². The highest BCUT2D eigenvalue weighted by Gasteiger charge is 2.11. The number of benzene rings is 4. The Kier molecular flexibility index (Phi) is 9.35. The van der Waals surface area contributed by atoms with Gasteiger partial charge in [-0.05, 0) is 71.8 Å². The molecule has 0 radical (unpaired) electrons. The quantitative estimate of drug-likeness (QED) is 0.187. The van der Waals surface area contributed by atoms with Crippen LogP contribution in [0.15, 0.2) is 89.4 Å². The molecule has 2 amide bonds. The zero-order chi connectivity index (χ0) is 26.9. The Hall–Kier alpha value is -3.88. The van der Waals surface area contributed by atoms with Gasteiger partial charge in [-0.1, -0.05) is 57.9 Å². The lowest BCUT2D eigenvalue weighted by Crippen LogP contribution is -2.21. The van der Waals surface area contributed by atoms with Gasteiger partial charge in [0.05, 0.1) is 10.7 Å². The van der Waals surface area contributed by atoms with E-state index in [0.717, 1.165) is 21.0 Å². The van der Waals surface area contributed by atoms with Crippen LogP contribution in [0.1, 0.15) is 19.3 Å². The van der Waals surface area contributed by atoms with E-state index in [9.17, 15) is 14.4 Å². The highest BCUT2D eigenvalue weighted by atomic mass is 79.9. The van der Waals surface area contributed by atoms with Crippen LogP contribution in [0.2, 0.25) is 5.02 Å². The fraction of sp³-hybridized carbons (Fsp3) is 0.138. The van der Waals surface area contributed by atoms with Gasteiger partial charge >= 0.3 is 5.97 Å². The van der Waals surface area contributed by atoms with Crippen molar-refractivity contribution in [1.82, 2.24) is 0 Å². The molecule has 38 heavy (non-hydrogen) atoms. The average molecular weight is 596 g/mol. The summed E-state index contributed by atoms with van der Waals surface area (Å²) < 4.78 is 11.7. The van der Waals surface area contributed by atoms with E-state index in [1.54, 1.807) is 42.5 Å². The van der Waals surface area contributed by atoms with Crippen LogP contribution in [-0.2, 0) is 19.1 Å². The van der Waals surface area contributed by atoms with Crippen LogP contribution in [0.4, 0.5) is 11.4 Å². The summed E-state index contributed by atoms with van der Waals surface area (Å²) in [4.78, 5) is 36.2. The summed E-state index contributed by atoms with van der Waals surface area (Å²) in [5, 5.41) is 7.95. The van der Waals surface area contributed by atoms with Crippen LogP contribution in [0.25, 0.3) is 10.8 Å². The first-order valence-corrected chi connectivity index (χ1v) is 13.0. The van der Waals surface area contributed by atoms with E-state index in [1.807, 2.05) is 42.5 Å². The van der Waals surface area contributed by atoms with Gasteiger partial charge in [0.15, 0.2) is 6.61 Å². The van der Waals surface area contributed by atoms with Crippen molar-refractivity contribution in [1.29, 1.82) is 0 Å². The number of esters is 1. The first-order chi connectivity index (χ1) is 18.4. The van der Waals surface area contributed by atoms with E-state index >= 15 is 0 Å². The number of halogens is 2. The highest BCUT2D eigenvalue weighted by molar-refractivity contribution is 9.10. The van der Waals surface area contributed by atoms with Gasteiger partial charge in [-0.15, -0.1) is 0 Å². The molecular formula is C29H24BrClN2O5. The minimum Gasteiger partial charge on any atom is -0.457 e. The molecule has 0 aliphatic rings. The lowest BCUT2D eigenvalue weighted by molar-refractivity contribution is -0.147. The summed E-state index contributed by atoms with van der Waals surface area (Å²) in [6, 6.07) is 26.0. The second-order valence-corrected chi connectivity index (χ2v) is 9.69. The van der Waals surface area contributed by atoms with Crippen LogP contribution in [0, 0.1) is 0 Å². The maximum absolute atomic E-state index is 12.2. The summed E-state index contributed by atoms with van der Waals surface area (Å²) in [7, 11) is 0. The van der Waals surface area contributed by atoms with Gasteiger partial charge in [-0.25, -0.2) is 0 Å². The number of amides is 2. The Morgan fingerprint density at radius 3 is 2.26 bits per heavy atom. The number of carbonyl (C=O) groups is 3. The van der Waals surface area contributed by atoms with Crippen molar-refractivity contribution in [3.05, 3.63) is 94.4 Å². The molecule has 2 N–H and O–H groups in total. The molecule has 0 heterocycles. The minimum absolute atomic E-state index is 0.0122. The van der Waals surface area contributed by atoms with Gasteiger partial charge in [0.25, 0.3) is 5.91 Å². The Morgan fingerprint density at radius 2 is 1.50 bits per heavy atom. The number of anilines is 2. The van der Waals surface area contributed by atoms with E-state index in [4.69, 9.17) is 21.1 Å². The highest BCUT2D eigenvalue weighted by Crippen LogP contribution is 2.27. The van der Waals surface area contributed by atoms with Crippen molar-refractivity contribution in [2.45, 2.75) is 19.3 Å². The molecule has 0 saturated carbocycles. The van der Waals surface area contributed by atoms with Crippen molar-refractivity contribution in [3.8, 4) is 11.5 Å². The smallest absolute Gasteiger partial charge is 0.306 e. The lowest BCUT2D eigenvalue weighted by atomic mass is 10.1. The number of nitrogens with one attached hydrogen (secondary N) is 2. The van der Waals surface area contributed by atoms with Gasteiger partial charge in [-0.2, -0.15) is 0 Å². The van der Waals surface area contributed by atoms with Crippen LogP contribution < -0.4 is 15.4 Å². The number of ether oxygens (including phenoxy) is 2. The molecule has 194 valence electrons. The van der Waals surface area contributed by atoms with Gasteiger partial charge in [0.1, 0.15) is 11.5 Å². The van der Waals surface area contributed by atoms with Crippen molar-refractivity contribution >= 4 is 67.5 Å². The molecule has 0 aromatic heterocycles. The third-order valence-corrected chi connectivity index (χ3v) is 6.25. The van der Waals surface area contributed by atoms with Crippen LogP contribution in [0.5, 0.6) is 11.5 Å². The molecule has 0 fully saturated rings. The Balaban J connectivity index is 1.15. The van der Waals surface area contributed by atoms with Crippen LogP contribution in [0.3, 0.4) is 0 Å². The topological polar surface area (TPSA) is 93.7 Å². The molecule has 4 aromatic carbocycles. The molecule has 0 saturated heterocycles. The van der Waals surface area contributed by atoms with E-state index in [1.165, 1.54) is 0 Å². The lowest BCUT2D eigenvalue weighted by Gasteiger charge is -2.09. The standard InChI is InChI=1S/C29H24BrClN2O5/c30-21-9-15-26(25(31)17-21)33-28(35)18-37-29(36)7-3-6-27(34)32-22-10-13-23(14-11-22)38-24-12-8-19-4-1-2-5-20(19)16-24/h1-2,4-5,8-17H,3,6-7,18H2,(H,32,34)(H,33,35). The number of hydrogen-bond acceptors (Lipinski definition) is 5. The largest absolute Gasteiger partial charge is 0.457 e. The van der Waals surface area contributed by atoms with Crippen molar-refractivity contribution in [2.75, 3.05) is 17.2 Å². The summed E-state index contributed by atoms with van der Waals surface area (Å²) in [6.07, 6.45) is 0.428. The Bertz CT molecular complexity index is 1460. The Labute approximate surface area is 233 Å². The predicted molar refractivity (Wildman–Crippen MR) is 152 cm³/mol. The van der Waals surface area contributed by atoms with Crippen LogP contribution >= 0.6 is 27.5 Å². The van der Waals surface area contributed by atoms with Crippen molar-refractivity contribution < 1.29 is 23.9 Å². The van der Waals surface area contributed by atoms with Crippen molar-refractivity contribution in [2.24, 2.45) is 0 Å². The molecule has 4 rings (SSSR count). The zero-order valence-corrected chi connectivity index (χ0v) is 22.6. The first kappa shape index (κ1) is 27.2. The van der Waals surface area contributed by atoms with Crippen LogP contribution in [-0.4, -0.2) is 24.4 Å². The first-order valence-electron chi connectivity index (χ1n) is 11.8. The number of rotatable bonds is 10. The van der Waals surface area contributed by atoms with E-state index in [0.29, 0.717) is 22.1 Å². The monoisotopic (exact) mass is 594 g/mol. The second-order valence-electron chi connectivity index (χ2n) is 8.37. The molecule has 0 spiro atoms. The maximum Gasteiger partial charge on any atom is 0.306 e. The van der Waals surface area contributed by atoms with Gasteiger partial charge in [-0.3, -0.25) is 14.4 Å². The minimum atomic E-state index is -0.565. The van der Waals surface area contributed by atoms with Crippen molar-refractivity contribution in [3.63, 3.8) is 0 Å². The predicted octanol–water partition coefficient (Wildman–Crippen LogP) is 7.34. The molecule has 0 aliphatic carbocycles. The molecule has 4 aromatic rings. The molecule has 0 bridgehead atoms. The van der Waals surface area contributed by atoms with Gasteiger partial charge in [0.2, 0.25) is 5.91 Å². The average Bonchev–Trinajstić information content (AvgIpc) is 2.90. The summed E-state index contributed by atoms with van der Waals surface area (Å²) in [6.45, 7) is -0.439. The SMILES string of the molecule is O=C(CCCC(=O)OCC(=O)Nc1ccc(Br)cc1Cl)Nc1ccc(Oc2ccc3ccccc3c2)cc1. The Morgan fingerprint density at radius 1 is 0.763 bits per heavy atom. The van der Waals surface area contributed by atoms with E-state index in [-0.39, 0.29) is 25.2 Å². The summed E-state index contributed by atoms with van der Waals surface area (Å²) in [5.41, 5.74) is 1.03. The summed E-state index contributed by atoms with van der Waals surface area (Å²) >= 11 is 9.34. The third-order valence-electron chi connectivity index (χ3n) is 5.45. The third kappa shape index (κ3) is 8.06. The normalized spacial score (nSPS) is 10.6. The molecule has 7 nitrogen and oxygen atoms in total. The molecule has 0 atom stereocenters. The summed E-state index contributed by atoms with van der Waals surface area (Å²) in [5.74, 6) is 0.0662. The van der Waals surface area contributed by atoms with E-state index < -0.39 is 18.5 Å². The maximum atomic E-state index is 12.2. The molecular weight excluding hydrogens is 572 g/mol. The zero-order valence-electron chi connectivity index (χ0n) is 20.2. The fourth-order valence-electron chi connectivity index (χ4n) is 3.59. The number of carbonyl (C=O) groups excluding carboxylic acids is 3. The second kappa shape index (κ2) is 13.1. The number of hydrogen-bond donors (Lipinski definition) is 2. The number of fused-ring (bicyclic) bond motifs is 1. The molecule has 9 heteroatoms. The van der Waals surface area contributed by atoms with Gasteiger partial charge in [0, 0.05) is 23.0 Å². The molecule has 0 unspecified atom stereocenters. The molecule has 0 aliphatic heterocycles.